The van der Waals surface area contributed by atoms with Gasteiger partial charge < -0.3 is 11.1 Å². The van der Waals surface area contributed by atoms with E-state index in [2.05, 4.69) is 26.1 Å². The molecule has 4 unspecified atom stereocenters. The van der Waals surface area contributed by atoms with Gasteiger partial charge in [-0.05, 0) is 62.3 Å². The molecule has 0 radical (unpaired) electrons. The summed E-state index contributed by atoms with van der Waals surface area (Å²) in [5.74, 6) is 3.53. The lowest BCUT2D eigenvalue weighted by atomic mass is 9.71. The third-order valence-corrected chi connectivity index (χ3v) is 5.38. The van der Waals surface area contributed by atoms with E-state index in [-0.39, 0.29) is 5.54 Å². The minimum Gasteiger partial charge on any atom is -0.329 e. The van der Waals surface area contributed by atoms with Gasteiger partial charge in [0.2, 0.25) is 0 Å². The van der Waals surface area contributed by atoms with E-state index in [0.29, 0.717) is 0 Å². The first kappa shape index (κ1) is 13.4. The fourth-order valence-corrected chi connectivity index (χ4v) is 3.34. The fourth-order valence-electron chi connectivity index (χ4n) is 3.34. The van der Waals surface area contributed by atoms with Gasteiger partial charge in [0.25, 0.3) is 0 Å². The molecule has 0 aromatic heterocycles. The van der Waals surface area contributed by atoms with Crippen LogP contribution < -0.4 is 11.1 Å². The summed E-state index contributed by atoms with van der Waals surface area (Å²) in [4.78, 5) is 0. The average Bonchev–Trinajstić information content (AvgIpc) is 3.15. The molecule has 0 aromatic rings. The molecule has 0 heterocycles. The SMILES string of the molecule is CC1CCC(CN)(NCC(C)C2CC2)CC1C. The Labute approximate surface area is 107 Å². The molecule has 2 aliphatic rings. The van der Waals surface area contributed by atoms with Crippen LogP contribution in [0.5, 0.6) is 0 Å². The summed E-state index contributed by atoms with van der Waals surface area (Å²) in [7, 11) is 0. The van der Waals surface area contributed by atoms with Crippen molar-refractivity contribution in [3.05, 3.63) is 0 Å². The smallest absolute Gasteiger partial charge is 0.0306 e. The quantitative estimate of drug-likeness (QED) is 0.773. The van der Waals surface area contributed by atoms with Crippen molar-refractivity contribution >= 4 is 0 Å². The Morgan fingerprint density at radius 2 is 1.94 bits per heavy atom. The van der Waals surface area contributed by atoms with E-state index < -0.39 is 0 Å². The van der Waals surface area contributed by atoms with Crippen LogP contribution in [-0.2, 0) is 0 Å². The lowest BCUT2D eigenvalue weighted by Crippen LogP contribution is -2.56. The molecule has 3 N–H and O–H groups in total. The van der Waals surface area contributed by atoms with Crippen molar-refractivity contribution in [1.29, 1.82) is 0 Å². The highest BCUT2D eigenvalue weighted by atomic mass is 15.0. The summed E-state index contributed by atoms with van der Waals surface area (Å²) in [5, 5.41) is 3.83. The van der Waals surface area contributed by atoms with Crippen molar-refractivity contribution in [3.63, 3.8) is 0 Å². The molecule has 2 aliphatic carbocycles. The van der Waals surface area contributed by atoms with Crippen LogP contribution in [0, 0.1) is 23.7 Å². The van der Waals surface area contributed by atoms with E-state index in [1.807, 2.05) is 0 Å². The molecular formula is C15H30N2. The average molecular weight is 238 g/mol. The van der Waals surface area contributed by atoms with E-state index in [0.717, 1.165) is 30.2 Å². The lowest BCUT2D eigenvalue weighted by molar-refractivity contribution is 0.141. The molecule has 2 fully saturated rings. The highest BCUT2D eigenvalue weighted by Gasteiger charge is 2.37. The molecule has 0 aliphatic heterocycles. The van der Waals surface area contributed by atoms with E-state index in [9.17, 15) is 0 Å². The van der Waals surface area contributed by atoms with Gasteiger partial charge in [0, 0.05) is 12.1 Å². The van der Waals surface area contributed by atoms with E-state index in [1.165, 1.54) is 38.6 Å². The zero-order chi connectivity index (χ0) is 12.5. The predicted octanol–water partition coefficient (Wildman–Crippen LogP) is 2.78. The number of nitrogens with one attached hydrogen (secondary N) is 1. The van der Waals surface area contributed by atoms with Crippen molar-refractivity contribution in [2.75, 3.05) is 13.1 Å². The molecule has 0 amide bonds. The predicted molar refractivity (Wildman–Crippen MR) is 73.9 cm³/mol. The van der Waals surface area contributed by atoms with Crippen LogP contribution >= 0.6 is 0 Å². The second-order valence-corrected chi connectivity index (χ2v) is 6.88. The Bertz CT molecular complexity index is 249. The summed E-state index contributed by atoms with van der Waals surface area (Å²) in [6.45, 7) is 9.15. The summed E-state index contributed by atoms with van der Waals surface area (Å²) in [5.41, 5.74) is 6.31. The second-order valence-electron chi connectivity index (χ2n) is 6.88. The van der Waals surface area contributed by atoms with Crippen LogP contribution in [0.3, 0.4) is 0 Å². The van der Waals surface area contributed by atoms with E-state index >= 15 is 0 Å². The molecule has 0 spiro atoms. The first-order chi connectivity index (χ1) is 8.06. The Morgan fingerprint density at radius 3 is 2.47 bits per heavy atom. The zero-order valence-electron chi connectivity index (χ0n) is 11.8. The minimum atomic E-state index is 0.245. The van der Waals surface area contributed by atoms with Gasteiger partial charge in [-0.15, -0.1) is 0 Å². The molecule has 2 rings (SSSR count). The first-order valence-corrected chi connectivity index (χ1v) is 7.51. The molecule has 100 valence electrons. The summed E-state index contributed by atoms with van der Waals surface area (Å²) < 4.78 is 0. The topological polar surface area (TPSA) is 38.0 Å². The number of hydrogen-bond donors (Lipinski definition) is 2. The number of hydrogen-bond acceptors (Lipinski definition) is 2. The van der Waals surface area contributed by atoms with Gasteiger partial charge in [0.05, 0.1) is 0 Å². The van der Waals surface area contributed by atoms with Gasteiger partial charge >= 0.3 is 0 Å². The van der Waals surface area contributed by atoms with Crippen LogP contribution in [0.1, 0.15) is 52.9 Å². The standard InChI is InChI=1S/C15H30N2/c1-11-6-7-15(10-16,8-12(11)2)17-9-13(3)14-4-5-14/h11-14,17H,4-10,16H2,1-3H3. The number of rotatable bonds is 5. The fraction of sp³-hybridized carbons (Fsp3) is 1.00. The van der Waals surface area contributed by atoms with Crippen molar-refractivity contribution in [3.8, 4) is 0 Å². The van der Waals surface area contributed by atoms with Gasteiger partial charge in [0.1, 0.15) is 0 Å². The van der Waals surface area contributed by atoms with Crippen molar-refractivity contribution < 1.29 is 0 Å². The maximum absolute atomic E-state index is 6.06. The monoisotopic (exact) mass is 238 g/mol. The summed E-state index contributed by atoms with van der Waals surface area (Å²) >= 11 is 0. The summed E-state index contributed by atoms with van der Waals surface area (Å²) in [6.07, 6.45) is 6.77. The van der Waals surface area contributed by atoms with Crippen LogP contribution in [0.15, 0.2) is 0 Å². The Hall–Kier alpha value is -0.0800. The van der Waals surface area contributed by atoms with Crippen molar-refractivity contribution in [2.45, 2.75) is 58.4 Å². The maximum atomic E-state index is 6.06. The molecular weight excluding hydrogens is 208 g/mol. The molecule has 4 atom stereocenters. The molecule has 0 bridgehead atoms. The first-order valence-electron chi connectivity index (χ1n) is 7.51. The van der Waals surface area contributed by atoms with Gasteiger partial charge in [-0.2, -0.15) is 0 Å². The van der Waals surface area contributed by atoms with Crippen LogP contribution in [0.4, 0.5) is 0 Å². The number of nitrogens with two attached hydrogens (primary N) is 1. The highest BCUT2D eigenvalue weighted by Crippen LogP contribution is 2.38. The van der Waals surface area contributed by atoms with Crippen molar-refractivity contribution in [2.24, 2.45) is 29.4 Å². The highest BCUT2D eigenvalue weighted by molar-refractivity contribution is 4.96. The van der Waals surface area contributed by atoms with E-state index in [4.69, 9.17) is 5.73 Å². The van der Waals surface area contributed by atoms with Gasteiger partial charge in [-0.25, -0.2) is 0 Å². The van der Waals surface area contributed by atoms with Crippen LogP contribution in [-0.4, -0.2) is 18.6 Å². The Balaban J connectivity index is 1.85. The summed E-state index contributed by atoms with van der Waals surface area (Å²) in [6, 6.07) is 0. The van der Waals surface area contributed by atoms with Gasteiger partial charge in [-0.1, -0.05) is 20.8 Å². The lowest BCUT2D eigenvalue weighted by Gasteiger charge is -2.43. The van der Waals surface area contributed by atoms with E-state index in [1.54, 1.807) is 0 Å². The van der Waals surface area contributed by atoms with Gasteiger partial charge in [0.15, 0.2) is 0 Å². The zero-order valence-corrected chi connectivity index (χ0v) is 11.8. The Kier molecular flexibility index (Phi) is 4.14. The molecule has 17 heavy (non-hydrogen) atoms. The minimum absolute atomic E-state index is 0.245. The van der Waals surface area contributed by atoms with Crippen LogP contribution in [0.25, 0.3) is 0 Å². The molecule has 2 saturated carbocycles. The third-order valence-electron chi connectivity index (χ3n) is 5.38. The van der Waals surface area contributed by atoms with Crippen molar-refractivity contribution in [1.82, 2.24) is 5.32 Å². The largest absolute Gasteiger partial charge is 0.329 e. The second kappa shape index (κ2) is 5.27. The maximum Gasteiger partial charge on any atom is 0.0306 e. The molecule has 0 aromatic carbocycles. The van der Waals surface area contributed by atoms with Gasteiger partial charge in [-0.3, -0.25) is 0 Å². The molecule has 0 saturated heterocycles. The van der Waals surface area contributed by atoms with Crippen LogP contribution in [0.2, 0.25) is 0 Å². The molecule has 2 heteroatoms. The Morgan fingerprint density at radius 1 is 1.24 bits per heavy atom. The normalized spacial score (nSPS) is 40.2. The molecule has 2 nitrogen and oxygen atoms in total. The third kappa shape index (κ3) is 3.23.